The average Bonchev–Trinajstić information content (AvgIpc) is 2.86. The molecule has 1 aromatic carbocycles. The zero-order valence-corrected chi connectivity index (χ0v) is 11.7. The summed E-state index contributed by atoms with van der Waals surface area (Å²) < 4.78 is 0. The Bertz CT molecular complexity index is 521. The van der Waals surface area contributed by atoms with E-state index in [-0.39, 0.29) is 11.2 Å². The first-order valence-corrected chi connectivity index (χ1v) is 7.28. The zero-order valence-electron chi connectivity index (χ0n) is 10.8. The Balaban J connectivity index is 1.92. The molecule has 1 atom stereocenters. The van der Waals surface area contributed by atoms with E-state index < -0.39 is 0 Å². The summed E-state index contributed by atoms with van der Waals surface area (Å²) in [4.78, 5) is 19.3. The minimum absolute atomic E-state index is 0.0124. The van der Waals surface area contributed by atoms with Crippen molar-refractivity contribution in [1.29, 1.82) is 0 Å². The Hall–Kier alpha value is -1.53. The van der Waals surface area contributed by atoms with Crippen molar-refractivity contribution >= 4 is 28.7 Å². The minimum atomic E-state index is 0.0124. The molecule has 1 aromatic heterocycles. The number of fused-ring (bicyclic) bond motifs is 1. The highest BCUT2D eigenvalue weighted by Gasteiger charge is 2.12. The number of benzene rings is 1. The predicted molar refractivity (Wildman–Crippen MR) is 79.0 cm³/mol. The summed E-state index contributed by atoms with van der Waals surface area (Å²) in [6.45, 7) is 3.03. The van der Waals surface area contributed by atoms with Gasteiger partial charge in [0.2, 0.25) is 5.91 Å². The molecular weight excluding hydrogens is 260 g/mol. The number of nitrogens with two attached hydrogens (primary N) is 1. The Morgan fingerprint density at radius 3 is 3.05 bits per heavy atom. The second kappa shape index (κ2) is 6.58. The number of thioether (sulfide) groups is 1. The molecule has 5 nitrogen and oxygen atoms in total. The van der Waals surface area contributed by atoms with Gasteiger partial charge in [-0.25, -0.2) is 4.98 Å². The lowest BCUT2D eigenvalue weighted by atomic mass is 10.3. The number of amides is 1. The number of imidazole rings is 1. The first kappa shape index (κ1) is 13.9. The normalized spacial score (nSPS) is 12.5. The predicted octanol–water partition coefficient (Wildman–Crippen LogP) is 1.43. The van der Waals surface area contributed by atoms with Crippen molar-refractivity contribution in [3.8, 4) is 0 Å². The van der Waals surface area contributed by atoms with Crippen LogP contribution in [0.3, 0.4) is 0 Å². The van der Waals surface area contributed by atoms with Crippen molar-refractivity contribution in [2.24, 2.45) is 5.73 Å². The second-order valence-electron chi connectivity index (χ2n) is 4.23. The van der Waals surface area contributed by atoms with E-state index in [1.54, 1.807) is 11.8 Å². The van der Waals surface area contributed by atoms with E-state index in [1.165, 1.54) is 0 Å². The quantitative estimate of drug-likeness (QED) is 0.746. The fourth-order valence-corrected chi connectivity index (χ4v) is 2.48. The van der Waals surface area contributed by atoms with Gasteiger partial charge in [0.25, 0.3) is 0 Å². The summed E-state index contributed by atoms with van der Waals surface area (Å²) in [6, 6.07) is 7.91. The first-order chi connectivity index (χ1) is 9.20. The van der Waals surface area contributed by atoms with Gasteiger partial charge in [-0.05, 0) is 19.1 Å². The molecule has 4 N–H and O–H groups in total. The van der Waals surface area contributed by atoms with Crippen LogP contribution in [0.15, 0.2) is 24.3 Å². The molecule has 0 saturated heterocycles. The average molecular weight is 278 g/mol. The summed E-state index contributed by atoms with van der Waals surface area (Å²) >= 11 is 1.56. The summed E-state index contributed by atoms with van der Waals surface area (Å²) in [6.07, 6.45) is 0. The standard InChI is InChI=1S/C13H18N4OS/c1-9(19-8-12(18)15-7-6-14)13-16-10-4-2-3-5-11(10)17-13/h2-5,9H,6-8,14H2,1H3,(H,15,18)(H,16,17). The number of aromatic amines is 1. The van der Waals surface area contributed by atoms with Gasteiger partial charge < -0.3 is 16.0 Å². The van der Waals surface area contributed by atoms with Crippen molar-refractivity contribution in [2.45, 2.75) is 12.2 Å². The number of nitrogens with one attached hydrogen (secondary N) is 2. The van der Waals surface area contributed by atoms with Gasteiger partial charge in [0.1, 0.15) is 5.82 Å². The summed E-state index contributed by atoms with van der Waals surface area (Å²) in [5.74, 6) is 1.33. The number of H-pyrrole nitrogens is 1. The van der Waals surface area contributed by atoms with E-state index >= 15 is 0 Å². The van der Waals surface area contributed by atoms with Gasteiger partial charge in [0, 0.05) is 13.1 Å². The molecule has 2 rings (SSSR count). The fraction of sp³-hybridized carbons (Fsp3) is 0.385. The van der Waals surface area contributed by atoms with Crippen LogP contribution in [0, 0.1) is 0 Å². The van der Waals surface area contributed by atoms with Crippen molar-refractivity contribution in [3.05, 3.63) is 30.1 Å². The Morgan fingerprint density at radius 2 is 2.32 bits per heavy atom. The van der Waals surface area contributed by atoms with Crippen LogP contribution < -0.4 is 11.1 Å². The maximum atomic E-state index is 11.5. The van der Waals surface area contributed by atoms with E-state index in [9.17, 15) is 4.79 Å². The smallest absolute Gasteiger partial charge is 0.230 e. The van der Waals surface area contributed by atoms with E-state index in [2.05, 4.69) is 15.3 Å². The van der Waals surface area contributed by atoms with E-state index in [4.69, 9.17) is 5.73 Å². The Morgan fingerprint density at radius 1 is 1.53 bits per heavy atom. The lowest BCUT2D eigenvalue weighted by molar-refractivity contribution is -0.118. The highest BCUT2D eigenvalue weighted by atomic mass is 32.2. The van der Waals surface area contributed by atoms with Gasteiger partial charge in [0.15, 0.2) is 0 Å². The number of aromatic nitrogens is 2. The molecule has 0 aliphatic rings. The van der Waals surface area contributed by atoms with Gasteiger partial charge in [-0.15, -0.1) is 11.8 Å². The second-order valence-corrected chi connectivity index (χ2v) is 5.56. The number of nitrogens with zero attached hydrogens (tertiary/aromatic N) is 1. The number of hydrogen-bond acceptors (Lipinski definition) is 4. The molecule has 0 radical (unpaired) electrons. The van der Waals surface area contributed by atoms with Crippen LogP contribution >= 0.6 is 11.8 Å². The Labute approximate surface area is 116 Å². The topological polar surface area (TPSA) is 83.8 Å². The molecule has 0 spiro atoms. The molecule has 0 saturated carbocycles. The monoisotopic (exact) mass is 278 g/mol. The molecule has 1 heterocycles. The molecule has 0 fully saturated rings. The summed E-state index contributed by atoms with van der Waals surface area (Å²) in [5, 5.41) is 2.90. The van der Waals surface area contributed by atoms with Crippen LogP contribution in [-0.2, 0) is 4.79 Å². The molecule has 6 heteroatoms. The molecule has 0 bridgehead atoms. The van der Waals surface area contributed by atoms with E-state index in [0.29, 0.717) is 18.8 Å². The lowest BCUT2D eigenvalue weighted by Gasteiger charge is -2.08. The number of carbonyl (C=O) groups is 1. The van der Waals surface area contributed by atoms with Gasteiger partial charge in [-0.3, -0.25) is 4.79 Å². The van der Waals surface area contributed by atoms with Gasteiger partial charge in [-0.2, -0.15) is 0 Å². The van der Waals surface area contributed by atoms with Gasteiger partial charge in [0.05, 0.1) is 22.0 Å². The third kappa shape index (κ3) is 3.71. The van der Waals surface area contributed by atoms with Crippen LogP contribution in [0.4, 0.5) is 0 Å². The van der Waals surface area contributed by atoms with Crippen LogP contribution in [0.1, 0.15) is 18.0 Å². The SMILES string of the molecule is CC(SCC(=O)NCCN)c1nc2ccccc2[nH]1. The summed E-state index contributed by atoms with van der Waals surface area (Å²) in [7, 11) is 0. The first-order valence-electron chi connectivity index (χ1n) is 6.23. The van der Waals surface area contributed by atoms with Crippen LogP contribution in [0.25, 0.3) is 11.0 Å². The fourth-order valence-electron chi connectivity index (χ4n) is 1.71. The van der Waals surface area contributed by atoms with Gasteiger partial charge in [-0.1, -0.05) is 12.1 Å². The van der Waals surface area contributed by atoms with Crippen molar-refractivity contribution in [3.63, 3.8) is 0 Å². The third-order valence-electron chi connectivity index (χ3n) is 2.72. The lowest BCUT2D eigenvalue weighted by Crippen LogP contribution is -2.30. The maximum absolute atomic E-state index is 11.5. The maximum Gasteiger partial charge on any atom is 0.230 e. The van der Waals surface area contributed by atoms with Crippen molar-refractivity contribution < 1.29 is 4.79 Å². The van der Waals surface area contributed by atoms with Crippen molar-refractivity contribution in [2.75, 3.05) is 18.8 Å². The van der Waals surface area contributed by atoms with Crippen LogP contribution in [0.2, 0.25) is 0 Å². The molecule has 2 aromatic rings. The molecule has 1 amide bonds. The summed E-state index contributed by atoms with van der Waals surface area (Å²) in [5.41, 5.74) is 7.31. The molecule has 1 unspecified atom stereocenters. The number of hydrogen-bond donors (Lipinski definition) is 3. The largest absolute Gasteiger partial charge is 0.354 e. The highest BCUT2D eigenvalue weighted by Crippen LogP contribution is 2.27. The number of carbonyl (C=O) groups excluding carboxylic acids is 1. The minimum Gasteiger partial charge on any atom is -0.354 e. The molecular formula is C13H18N4OS. The van der Waals surface area contributed by atoms with Crippen molar-refractivity contribution in [1.82, 2.24) is 15.3 Å². The van der Waals surface area contributed by atoms with E-state index in [1.807, 2.05) is 31.2 Å². The molecule has 0 aliphatic heterocycles. The third-order valence-corrected chi connectivity index (χ3v) is 3.88. The molecule has 19 heavy (non-hydrogen) atoms. The number of rotatable bonds is 6. The number of para-hydroxylation sites is 2. The highest BCUT2D eigenvalue weighted by molar-refractivity contribution is 8.00. The van der Waals surface area contributed by atoms with Crippen LogP contribution in [-0.4, -0.2) is 34.7 Å². The molecule has 0 aliphatic carbocycles. The van der Waals surface area contributed by atoms with Gasteiger partial charge >= 0.3 is 0 Å². The van der Waals surface area contributed by atoms with E-state index in [0.717, 1.165) is 16.9 Å². The Kier molecular flexibility index (Phi) is 4.81. The zero-order chi connectivity index (χ0) is 13.7. The van der Waals surface area contributed by atoms with Crippen LogP contribution in [0.5, 0.6) is 0 Å². The molecule has 102 valence electrons.